The fourth-order valence-corrected chi connectivity index (χ4v) is 2.04. The number of aromatic nitrogens is 2. The van der Waals surface area contributed by atoms with Crippen molar-refractivity contribution >= 4 is 17.5 Å². The third kappa shape index (κ3) is 3.10. The lowest BCUT2D eigenvalue weighted by atomic mass is 10.1. The normalized spacial score (nSPS) is 10.3. The van der Waals surface area contributed by atoms with Crippen LogP contribution in [0.5, 0.6) is 5.75 Å². The van der Waals surface area contributed by atoms with Gasteiger partial charge in [-0.1, -0.05) is 23.9 Å². The number of methoxy groups -OCH3 is 1. The molecule has 0 saturated heterocycles. The van der Waals surface area contributed by atoms with Crippen molar-refractivity contribution in [3.05, 3.63) is 35.7 Å². The van der Waals surface area contributed by atoms with E-state index in [2.05, 4.69) is 10.2 Å². The highest BCUT2D eigenvalue weighted by Gasteiger charge is 2.10. The first kappa shape index (κ1) is 12.6. The second-order valence-electron chi connectivity index (χ2n) is 3.53. The Balaban J connectivity index is 1.99. The molecule has 1 heterocycles. The van der Waals surface area contributed by atoms with Crippen LogP contribution in [0.1, 0.15) is 16.2 Å². The van der Waals surface area contributed by atoms with Crippen LogP contribution in [0.15, 0.2) is 33.9 Å². The van der Waals surface area contributed by atoms with Crippen molar-refractivity contribution in [3.8, 4) is 5.75 Å². The Morgan fingerprint density at radius 2 is 2.28 bits per heavy atom. The van der Waals surface area contributed by atoms with Gasteiger partial charge in [-0.05, 0) is 12.1 Å². The summed E-state index contributed by atoms with van der Waals surface area (Å²) in [5.41, 5.74) is 0.609. The van der Waals surface area contributed by atoms with Crippen LogP contribution >= 0.6 is 11.8 Å². The van der Waals surface area contributed by atoms with Gasteiger partial charge in [-0.25, -0.2) is 0 Å². The van der Waals surface area contributed by atoms with Gasteiger partial charge in [-0.15, -0.1) is 10.2 Å². The molecule has 0 saturated carbocycles. The van der Waals surface area contributed by atoms with E-state index in [-0.39, 0.29) is 11.5 Å². The number of rotatable bonds is 5. The molecule has 5 nitrogen and oxygen atoms in total. The third-order valence-electron chi connectivity index (χ3n) is 2.23. The quantitative estimate of drug-likeness (QED) is 0.610. The highest BCUT2D eigenvalue weighted by Crippen LogP contribution is 2.19. The molecule has 0 fully saturated rings. The summed E-state index contributed by atoms with van der Waals surface area (Å²) in [6, 6.07) is 7.05. The first-order valence-corrected chi connectivity index (χ1v) is 6.28. The first-order valence-electron chi connectivity index (χ1n) is 5.29. The lowest BCUT2D eigenvalue weighted by Crippen LogP contribution is -2.02. The highest BCUT2D eigenvalue weighted by atomic mass is 32.2. The minimum absolute atomic E-state index is 0.00486. The summed E-state index contributed by atoms with van der Waals surface area (Å²) >= 11 is 1.23. The van der Waals surface area contributed by atoms with Gasteiger partial charge in [-0.2, -0.15) is 0 Å². The monoisotopic (exact) mass is 264 g/mol. The van der Waals surface area contributed by atoms with E-state index in [4.69, 9.17) is 9.15 Å². The fourth-order valence-electron chi connectivity index (χ4n) is 1.34. The number of Topliss-reactive ketones (excluding diaryl/α,β-unsaturated/α-hetero) is 1. The zero-order valence-electron chi connectivity index (χ0n) is 10.0. The molecule has 0 bridgehead atoms. The van der Waals surface area contributed by atoms with E-state index in [1.54, 1.807) is 38.3 Å². The molecular formula is C12H12N2O3S. The van der Waals surface area contributed by atoms with Gasteiger partial charge in [0.2, 0.25) is 5.89 Å². The van der Waals surface area contributed by atoms with Gasteiger partial charge in [0.15, 0.2) is 5.78 Å². The van der Waals surface area contributed by atoms with E-state index in [0.717, 1.165) is 0 Å². The van der Waals surface area contributed by atoms with Crippen LogP contribution in [0.25, 0.3) is 0 Å². The lowest BCUT2D eigenvalue weighted by Gasteiger charge is -2.02. The maximum Gasteiger partial charge on any atom is 0.277 e. The molecule has 0 atom stereocenters. The summed E-state index contributed by atoms with van der Waals surface area (Å²) < 4.78 is 10.2. The Hall–Kier alpha value is -1.82. The number of carbonyl (C=O) groups excluding carboxylic acids is 1. The Morgan fingerprint density at radius 1 is 1.44 bits per heavy atom. The number of hydrogen-bond acceptors (Lipinski definition) is 6. The van der Waals surface area contributed by atoms with Crippen LogP contribution in [0.4, 0.5) is 0 Å². The second kappa shape index (κ2) is 5.68. The number of thioether (sulfide) groups is 1. The highest BCUT2D eigenvalue weighted by molar-refractivity contribution is 7.99. The number of nitrogens with zero attached hydrogens (tertiary/aromatic N) is 2. The fraction of sp³-hybridized carbons (Fsp3) is 0.250. The van der Waals surface area contributed by atoms with Crippen molar-refractivity contribution in [1.29, 1.82) is 0 Å². The molecule has 0 spiro atoms. The van der Waals surface area contributed by atoms with E-state index < -0.39 is 0 Å². The molecule has 18 heavy (non-hydrogen) atoms. The van der Waals surface area contributed by atoms with Gasteiger partial charge in [0.25, 0.3) is 5.22 Å². The maximum atomic E-state index is 11.9. The summed E-state index contributed by atoms with van der Waals surface area (Å²) in [4.78, 5) is 11.9. The minimum atomic E-state index is -0.00486. The summed E-state index contributed by atoms with van der Waals surface area (Å²) in [5, 5.41) is 7.92. The molecule has 0 aliphatic carbocycles. The molecule has 1 aromatic heterocycles. The van der Waals surface area contributed by atoms with Crippen molar-refractivity contribution in [2.45, 2.75) is 12.1 Å². The van der Waals surface area contributed by atoms with E-state index in [1.807, 2.05) is 0 Å². The third-order valence-corrected chi connectivity index (χ3v) is 3.04. The van der Waals surface area contributed by atoms with Gasteiger partial charge in [0.05, 0.1) is 12.9 Å². The second-order valence-corrected chi connectivity index (χ2v) is 4.46. The standard InChI is InChI=1S/C12H12N2O3S/c1-8-13-14-12(17-8)18-7-11(15)9-4-3-5-10(6-9)16-2/h3-6H,7H2,1-2H3. The van der Waals surface area contributed by atoms with Crippen molar-refractivity contribution in [2.75, 3.05) is 12.9 Å². The van der Waals surface area contributed by atoms with Crippen LogP contribution in [0, 0.1) is 6.92 Å². The van der Waals surface area contributed by atoms with Crippen LogP contribution in [-0.4, -0.2) is 28.8 Å². The smallest absolute Gasteiger partial charge is 0.277 e. The molecule has 0 radical (unpaired) electrons. The van der Waals surface area contributed by atoms with Gasteiger partial charge in [0.1, 0.15) is 5.75 Å². The predicted octanol–water partition coefficient (Wildman–Crippen LogP) is 2.36. The topological polar surface area (TPSA) is 65.2 Å². The van der Waals surface area contributed by atoms with Gasteiger partial charge >= 0.3 is 0 Å². The molecular weight excluding hydrogens is 252 g/mol. The molecule has 1 aromatic carbocycles. The molecule has 0 aliphatic rings. The zero-order chi connectivity index (χ0) is 13.0. The minimum Gasteiger partial charge on any atom is -0.497 e. The predicted molar refractivity (Wildman–Crippen MR) is 67.1 cm³/mol. The largest absolute Gasteiger partial charge is 0.497 e. The molecule has 0 amide bonds. The molecule has 0 unspecified atom stereocenters. The van der Waals surface area contributed by atoms with Crippen LogP contribution in [0.3, 0.4) is 0 Å². The maximum absolute atomic E-state index is 11.9. The molecule has 2 aromatic rings. The molecule has 6 heteroatoms. The number of carbonyl (C=O) groups is 1. The molecule has 2 rings (SSSR count). The van der Waals surface area contributed by atoms with Crippen molar-refractivity contribution in [1.82, 2.24) is 10.2 Å². The van der Waals surface area contributed by atoms with E-state index in [9.17, 15) is 4.79 Å². The van der Waals surface area contributed by atoms with E-state index in [0.29, 0.717) is 22.4 Å². The average molecular weight is 264 g/mol. The van der Waals surface area contributed by atoms with Crippen molar-refractivity contribution < 1.29 is 13.9 Å². The average Bonchev–Trinajstić information content (AvgIpc) is 2.82. The van der Waals surface area contributed by atoms with Crippen LogP contribution < -0.4 is 4.74 Å². The van der Waals surface area contributed by atoms with E-state index in [1.165, 1.54) is 11.8 Å². The Bertz CT molecular complexity index is 554. The van der Waals surface area contributed by atoms with Gasteiger partial charge in [-0.3, -0.25) is 4.79 Å². The molecule has 94 valence electrons. The zero-order valence-corrected chi connectivity index (χ0v) is 10.9. The number of benzene rings is 1. The number of hydrogen-bond donors (Lipinski definition) is 0. The Morgan fingerprint density at radius 3 is 2.94 bits per heavy atom. The van der Waals surface area contributed by atoms with Gasteiger partial charge in [0, 0.05) is 12.5 Å². The van der Waals surface area contributed by atoms with E-state index >= 15 is 0 Å². The Labute approximate surface area is 109 Å². The summed E-state index contributed by atoms with van der Waals surface area (Å²) in [6.07, 6.45) is 0. The number of ether oxygens (including phenoxy) is 1. The lowest BCUT2D eigenvalue weighted by molar-refractivity contribution is 0.102. The van der Waals surface area contributed by atoms with Crippen molar-refractivity contribution in [3.63, 3.8) is 0 Å². The van der Waals surface area contributed by atoms with Crippen LogP contribution in [-0.2, 0) is 0 Å². The summed E-state index contributed by atoms with van der Waals surface area (Å²) in [7, 11) is 1.57. The van der Waals surface area contributed by atoms with Crippen LogP contribution in [0.2, 0.25) is 0 Å². The van der Waals surface area contributed by atoms with Gasteiger partial charge < -0.3 is 9.15 Å². The molecule has 0 N–H and O–H groups in total. The summed E-state index contributed by atoms with van der Waals surface area (Å²) in [5.74, 6) is 1.41. The SMILES string of the molecule is COc1cccc(C(=O)CSc2nnc(C)o2)c1. The van der Waals surface area contributed by atoms with Crippen molar-refractivity contribution in [2.24, 2.45) is 0 Å². The first-order chi connectivity index (χ1) is 8.69. The number of ketones is 1. The number of aryl methyl sites for hydroxylation is 1. The summed E-state index contributed by atoms with van der Waals surface area (Å²) in [6.45, 7) is 1.71. The Kier molecular flexibility index (Phi) is 3.99. The molecule has 0 aliphatic heterocycles.